The van der Waals surface area contributed by atoms with Crippen LogP contribution < -0.4 is 10.9 Å². The van der Waals surface area contributed by atoms with Gasteiger partial charge in [0, 0.05) is 22.4 Å². The first-order valence-corrected chi connectivity index (χ1v) is 9.59. The van der Waals surface area contributed by atoms with E-state index < -0.39 is 0 Å². The minimum atomic E-state index is -0.0922. The summed E-state index contributed by atoms with van der Waals surface area (Å²) in [4.78, 5) is 34.0. The third kappa shape index (κ3) is 3.77. The third-order valence-electron chi connectivity index (χ3n) is 3.93. The molecule has 0 radical (unpaired) electrons. The second kappa shape index (κ2) is 7.01. The summed E-state index contributed by atoms with van der Waals surface area (Å²) in [6.45, 7) is 7.47. The molecular formula is C18H19N3O2S2. The summed E-state index contributed by atoms with van der Waals surface area (Å²) < 4.78 is 0. The van der Waals surface area contributed by atoms with Gasteiger partial charge in [0.1, 0.15) is 10.7 Å². The zero-order chi connectivity index (χ0) is 18.1. The number of aromatic amines is 1. The summed E-state index contributed by atoms with van der Waals surface area (Å²) in [5, 5.41) is 3.45. The summed E-state index contributed by atoms with van der Waals surface area (Å²) >= 11 is 3.17. The lowest BCUT2D eigenvalue weighted by Crippen LogP contribution is -2.12. The van der Waals surface area contributed by atoms with Gasteiger partial charge in [-0.05, 0) is 50.6 Å². The number of carbonyl (C=O) groups excluding carboxylic acids is 1. The smallest absolute Gasteiger partial charge is 0.259 e. The molecule has 0 spiro atoms. The Morgan fingerprint density at radius 1 is 1.28 bits per heavy atom. The number of carbonyl (C=O) groups is 1. The normalized spacial score (nSPS) is 12.3. The van der Waals surface area contributed by atoms with Crippen molar-refractivity contribution in [2.75, 3.05) is 5.32 Å². The zero-order valence-electron chi connectivity index (χ0n) is 14.5. The number of H-pyrrole nitrogens is 1. The van der Waals surface area contributed by atoms with Crippen LogP contribution in [0, 0.1) is 13.8 Å². The van der Waals surface area contributed by atoms with E-state index in [9.17, 15) is 9.59 Å². The van der Waals surface area contributed by atoms with Crippen LogP contribution in [0.15, 0.2) is 34.0 Å². The number of fused-ring (bicyclic) bond motifs is 1. The van der Waals surface area contributed by atoms with Gasteiger partial charge in [0.15, 0.2) is 0 Å². The number of aryl methyl sites for hydroxylation is 2. The van der Waals surface area contributed by atoms with Crippen LogP contribution in [-0.2, 0) is 4.79 Å². The van der Waals surface area contributed by atoms with Crippen LogP contribution in [0.1, 0.15) is 35.4 Å². The van der Waals surface area contributed by atoms with Gasteiger partial charge in [0.05, 0.1) is 10.6 Å². The second-order valence-electron chi connectivity index (χ2n) is 5.88. The van der Waals surface area contributed by atoms with Gasteiger partial charge in [0.2, 0.25) is 5.91 Å². The number of hydrogen-bond acceptors (Lipinski definition) is 5. The first kappa shape index (κ1) is 17.7. The average Bonchev–Trinajstić information content (AvgIpc) is 2.83. The predicted octanol–water partition coefficient (Wildman–Crippen LogP) is 4.41. The molecule has 1 amide bonds. The number of rotatable bonds is 4. The van der Waals surface area contributed by atoms with Crippen LogP contribution in [0.2, 0.25) is 0 Å². The Bertz CT molecular complexity index is 990. The van der Waals surface area contributed by atoms with E-state index in [1.54, 1.807) is 23.1 Å². The summed E-state index contributed by atoms with van der Waals surface area (Å²) in [6, 6.07) is 7.62. The molecule has 0 saturated heterocycles. The van der Waals surface area contributed by atoms with E-state index in [0.717, 1.165) is 25.9 Å². The van der Waals surface area contributed by atoms with Crippen LogP contribution in [-0.4, -0.2) is 15.9 Å². The fourth-order valence-electron chi connectivity index (χ4n) is 2.54. The number of thiophene rings is 1. The maximum Gasteiger partial charge on any atom is 0.259 e. The minimum Gasteiger partial charge on any atom is -0.326 e. The van der Waals surface area contributed by atoms with Crippen molar-refractivity contribution in [3.8, 4) is 0 Å². The molecule has 3 aromatic rings. The number of aromatic nitrogens is 2. The molecule has 2 aromatic heterocycles. The van der Waals surface area contributed by atoms with Gasteiger partial charge in [-0.2, -0.15) is 0 Å². The van der Waals surface area contributed by atoms with Gasteiger partial charge in [-0.15, -0.1) is 23.1 Å². The van der Waals surface area contributed by atoms with Crippen molar-refractivity contribution >= 4 is 44.9 Å². The molecular weight excluding hydrogens is 354 g/mol. The van der Waals surface area contributed by atoms with Crippen molar-refractivity contribution in [3.05, 3.63) is 50.9 Å². The molecule has 0 aliphatic rings. The van der Waals surface area contributed by atoms with Gasteiger partial charge in [-0.25, -0.2) is 4.98 Å². The number of benzene rings is 1. The Kier molecular flexibility index (Phi) is 4.96. The zero-order valence-corrected chi connectivity index (χ0v) is 16.1. The number of nitrogens with one attached hydrogen (secondary N) is 2. The lowest BCUT2D eigenvalue weighted by molar-refractivity contribution is -0.114. The fraction of sp³-hybridized carbons (Fsp3) is 0.278. The fourth-order valence-corrected chi connectivity index (χ4v) is 4.51. The molecule has 3 rings (SSSR count). The summed E-state index contributed by atoms with van der Waals surface area (Å²) in [5.41, 5.74) is 1.70. The Hall–Kier alpha value is -2.12. The quantitative estimate of drug-likeness (QED) is 0.664. The predicted molar refractivity (Wildman–Crippen MR) is 105 cm³/mol. The van der Waals surface area contributed by atoms with Gasteiger partial charge in [0.25, 0.3) is 5.56 Å². The first-order chi connectivity index (χ1) is 11.8. The van der Waals surface area contributed by atoms with Crippen LogP contribution in [0.5, 0.6) is 0 Å². The van der Waals surface area contributed by atoms with E-state index in [4.69, 9.17) is 0 Å². The van der Waals surface area contributed by atoms with E-state index in [2.05, 4.69) is 15.3 Å². The highest BCUT2D eigenvalue weighted by Gasteiger charge is 2.16. The second-order valence-corrected chi connectivity index (χ2v) is 8.50. The molecule has 1 atom stereocenters. The summed E-state index contributed by atoms with van der Waals surface area (Å²) in [5.74, 6) is 0.583. The molecule has 1 aromatic carbocycles. The highest BCUT2D eigenvalue weighted by molar-refractivity contribution is 7.99. The van der Waals surface area contributed by atoms with Crippen molar-refractivity contribution in [2.45, 2.75) is 37.8 Å². The molecule has 0 saturated carbocycles. The maximum absolute atomic E-state index is 12.4. The van der Waals surface area contributed by atoms with E-state index in [1.807, 2.05) is 45.0 Å². The molecule has 130 valence electrons. The van der Waals surface area contributed by atoms with Gasteiger partial charge in [-0.3, -0.25) is 9.59 Å². The largest absolute Gasteiger partial charge is 0.326 e. The van der Waals surface area contributed by atoms with Crippen molar-refractivity contribution < 1.29 is 4.79 Å². The molecule has 25 heavy (non-hydrogen) atoms. The summed E-state index contributed by atoms with van der Waals surface area (Å²) in [6.07, 6.45) is 0. The van der Waals surface area contributed by atoms with Crippen LogP contribution >= 0.6 is 23.1 Å². The van der Waals surface area contributed by atoms with Crippen LogP contribution in [0.25, 0.3) is 10.2 Å². The molecule has 2 heterocycles. The number of amides is 1. The monoisotopic (exact) mass is 373 g/mol. The van der Waals surface area contributed by atoms with E-state index in [0.29, 0.717) is 11.2 Å². The molecule has 5 nitrogen and oxygen atoms in total. The molecule has 0 aliphatic heterocycles. The third-order valence-corrected chi connectivity index (χ3v) is 6.15. The van der Waals surface area contributed by atoms with Gasteiger partial charge >= 0.3 is 0 Å². The van der Waals surface area contributed by atoms with Gasteiger partial charge in [-0.1, -0.05) is 0 Å². The number of nitrogens with zero attached hydrogens (tertiary/aromatic N) is 1. The standard InChI is InChI=1S/C18H19N3O2S2/c1-9-10(2)25-18-15(9)17(23)20-16(21-18)11(3)24-14-7-5-13(6-8-14)19-12(4)22/h5-8,11H,1-4H3,(H,19,22)(H,20,21,23). The number of anilines is 1. The van der Waals surface area contributed by atoms with Gasteiger partial charge < -0.3 is 10.3 Å². The van der Waals surface area contributed by atoms with Crippen molar-refractivity contribution in [1.82, 2.24) is 9.97 Å². The lowest BCUT2D eigenvalue weighted by Gasteiger charge is -2.11. The van der Waals surface area contributed by atoms with E-state index in [-0.39, 0.29) is 16.7 Å². The van der Waals surface area contributed by atoms with Crippen LogP contribution in [0.4, 0.5) is 5.69 Å². The van der Waals surface area contributed by atoms with Crippen molar-refractivity contribution in [2.24, 2.45) is 0 Å². The molecule has 1 unspecified atom stereocenters. The molecule has 7 heteroatoms. The average molecular weight is 374 g/mol. The lowest BCUT2D eigenvalue weighted by atomic mass is 10.2. The molecule has 2 N–H and O–H groups in total. The number of thioether (sulfide) groups is 1. The van der Waals surface area contributed by atoms with Crippen LogP contribution in [0.3, 0.4) is 0 Å². The highest BCUT2D eigenvalue weighted by atomic mass is 32.2. The number of hydrogen-bond donors (Lipinski definition) is 2. The molecule has 0 aliphatic carbocycles. The molecule has 0 fully saturated rings. The maximum atomic E-state index is 12.4. The first-order valence-electron chi connectivity index (χ1n) is 7.89. The Balaban J connectivity index is 1.83. The Labute approximate surface area is 153 Å². The van der Waals surface area contributed by atoms with E-state index >= 15 is 0 Å². The summed E-state index contributed by atoms with van der Waals surface area (Å²) in [7, 11) is 0. The Morgan fingerprint density at radius 3 is 2.60 bits per heavy atom. The highest BCUT2D eigenvalue weighted by Crippen LogP contribution is 2.34. The Morgan fingerprint density at radius 2 is 1.96 bits per heavy atom. The molecule has 0 bridgehead atoms. The minimum absolute atomic E-state index is 0.00595. The van der Waals surface area contributed by atoms with E-state index in [1.165, 1.54) is 6.92 Å². The SMILES string of the molecule is CC(=O)Nc1ccc(SC(C)c2nc3sc(C)c(C)c3c(=O)[nH]2)cc1. The topological polar surface area (TPSA) is 74.8 Å². The van der Waals surface area contributed by atoms with Crippen molar-refractivity contribution in [3.63, 3.8) is 0 Å². The van der Waals surface area contributed by atoms with Crippen molar-refractivity contribution in [1.29, 1.82) is 0 Å².